The van der Waals surface area contributed by atoms with E-state index in [0.29, 0.717) is 17.3 Å². The van der Waals surface area contributed by atoms with Gasteiger partial charge < -0.3 is 9.72 Å². The molecule has 1 saturated heterocycles. The van der Waals surface area contributed by atoms with Gasteiger partial charge in [0.2, 0.25) is 0 Å². The van der Waals surface area contributed by atoms with Gasteiger partial charge >= 0.3 is 5.97 Å². The molecule has 0 saturated carbocycles. The number of para-hydroxylation sites is 1. The van der Waals surface area contributed by atoms with Crippen molar-refractivity contribution in [1.82, 2.24) is 9.97 Å². The molecule has 1 aromatic carbocycles. The van der Waals surface area contributed by atoms with Gasteiger partial charge in [0.25, 0.3) is 5.56 Å². The number of thioether (sulfide) groups is 1. The minimum Gasteiger partial charge on any atom is -0.457 e. The average molecular weight is 368 g/mol. The van der Waals surface area contributed by atoms with Crippen molar-refractivity contribution in [3.8, 4) is 0 Å². The Labute approximate surface area is 142 Å². The molecule has 2 heterocycles. The summed E-state index contributed by atoms with van der Waals surface area (Å²) < 4.78 is 27.8. The quantitative estimate of drug-likeness (QED) is 0.781. The first-order valence-electron chi connectivity index (χ1n) is 7.38. The fourth-order valence-electron chi connectivity index (χ4n) is 2.47. The molecule has 7 nitrogen and oxygen atoms in total. The molecule has 0 amide bonds. The lowest BCUT2D eigenvalue weighted by molar-refractivity contribution is -0.141. The van der Waals surface area contributed by atoms with Gasteiger partial charge in [-0.05, 0) is 18.6 Å². The average Bonchev–Trinajstić information content (AvgIpc) is 2.90. The molecule has 3 rings (SSSR count). The number of rotatable bonds is 5. The Morgan fingerprint density at radius 3 is 2.92 bits per heavy atom. The molecule has 0 bridgehead atoms. The number of nitrogens with zero attached hydrogens (tertiary/aromatic N) is 1. The van der Waals surface area contributed by atoms with Gasteiger partial charge in [-0.3, -0.25) is 9.59 Å². The Balaban J connectivity index is 1.54. The van der Waals surface area contributed by atoms with Crippen molar-refractivity contribution in [2.45, 2.75) is 18.3 Å². The number of hydrogen-bond donors (Lipinski definition) is 1. The number of aromatic nitrogens is 2. The van der Waals surface area contributed by atoms with Gasteiger partial charge in [-0.15, -0.1) is 11.8 Å². The number of fused-ring (bicyclic) bond motifs is 1. The Kier molecular flexibility index (Phi) is 4.91. The summed E-state index contributed by atoms with van der Waals surface area (Å²) in [6.45, 7) is -0.123. The fourth-order valence-corrected chi connectivity index (χ4v) is 5.91. The number of benzene rings is 1. The van der Waals surface area contributed by atoms with Gasteiger partial charge in [-0.25, -0.2) is 13.4 Å². The number of H-pyrrole nitrogens is 1. The van der Waals surface area contributed by atoms with Crippen molar-refractivity contribution in [2.75, 3.05) is 17.3 Å². The second kappa shape index (κ2) is 6.94. The largest absolute Gasteiger partial charge is 0.457 e. The molecule has 1 atom stereocenters. The lowest BCUT2D eigenvalue weighted by Crippen LogP contribution is -2.16. The van der Waals surface area contributed by atoms with Crippen molar-refractivity contribution < 1.29 is 17.9 Å². The van der Waals surface area contributed by atoms with Crippen LogP contribution < -0.4 is 5.56 Å². The Hall–Kier alpha value is -1.87. The van der Waals surface area contributed by atoms with Crippen molar-refractivity contribution in [3.63, 3.8) is 0 Å². The van der Waals surface area contributed by atoms with Crippen LogP contribution in [0.5, 0.6) is 0 Å². The number of sulfone groups is 1. The van der Waals surface area contributed by atoms with E-state index < -0.39 is 15.8 Å². The van der Waals surface area contributed by atoms with Gasteiger partial charge in [0.05, 0.1) is 28.2 Å². The third-order valence-electron chi connectivity index (χ3n) is 3.66. The fraction of sp³-hybridized carbons (Fsp3) is 0.400. The first kappa shape index (κ1) is 17.0. The highest BCUT2D eigenvalue weighted by atomic mass is 32.2. The second-order valence-electron chi connectivity index (χ2n) is 5.53. The zero-order valence-electron chi connectivity index (χ0n) is 12.7. The van der Waals surface area contributed by atoms with E-state index in [9.17, 15) is 18.0 Å². The monoisotopic (exact) mass is 368 g/mol. The van der Waals surface area contributed by atoms with Crippen LogP contribution in [0.25, 0.3) is 10.9 Å². The smallest absolute Gasteiger partial charge is 0.316 e. The molecule has 1 aliphatic rings. The molecule has 0 unspecified atom stereocenters. The summed E-state index contributed by atoms with van der Waals surface area (Å²) in [5, 5.41) is 0.423. The number of aromatic amines is 1. The first-order chi connectivity index (χ1) is 11.4. The molecule has 2 aromatic rings. The minimum absolute atomic E-state index is 0.0545. The molecule has 1 aromatic heterocycles. The molecule has 0 radical (unpaired) electrons. The van der Waals surface area contributed by atoms with Gasteiger partial charge in [0.15, 0.2) is 9.84 Å². The lowest BCUT2D eigenvalue weighted by atomic mass is 10.2. The zero-order chi connectivity index (χ0) is 17.2. The summed E-state index contributed by atoms with van der Waals surface area (Å²) in [5.41, 5.74) is 0.259. The van der Waals surface area contributed by atoms with E-state index in [2.05, 4.69) is 9.97 Å². The van der Waals surface area contributed by atoms with Gasteiger partial charge in [-0.2, -0.15) is 0 Å². The van der Waals surface area contributed by atoms with E-state index >= 15 is 0 Å². The van der Waals surface area contributed by atoms with Crippen LogP contribution in [-0.2, 0) is 26.0 Å². The number of hydrogen-bond acceptors (Lipinski definition) is 7. The molecule has 128 valence electrons. The van der Waals surface area contributed by atoms with Gasteiger partial charge in [-0.1, -0.05) is 12.1 Å². The predicted octanol–water partition coefficient (Wildman–Crippen LogP) is 0.887. The number of esters is 1. The van der Waals surface area contributed by atoms with Crippen LogP contribution in [0.2, 0.25) is 0 Å². The van der Waals surface area contributed by atoms with Crippen LogP contribution in [0.1, 0.15) is 12.2 Å². The summed E-state index contributed by atoms with van der Waals surface area (Å²) in [5.74, 6) is 0.199. The van der Waals surface area contributed by atoms with E-state index in [4.69, 9.17) is 4.74 Å². The standard InChI is InChI=1S/C15H16N2O5S2/c18-14(8-23-10-5-6-24(20,21)9-10)22-7-13-16-12-4-2-1-3-11(12)15(19)17-13/h1-4,10H,5-9H2,(H,16,17,19)/t10-/m1/s1. The predicted molar refractivity (Wildman–Crippen MR) is 91.7 cm³/mol. The number of nitrogens with one attached hydrogen (secondary N) is 1. The highest BCUT2D eigenvalue weighted by Crippen LogP contribution is 2.24. The van der Waals surface area contributed by atoms with Gasteiger partial charge in [0, 0.05) is 5.25 Å². The van der Waals surface area contributed by atoms with E-state index in [1.54, 1.807) is 24.3 Å². The molecule has 0 spiro atoms. The second-order valence-corrected chi connectivity index (χ2v) is 9.04. The van der Waals surface area contributed by atoms with E-state index in [-0.39, 0.29) is 40.5 Å². The number of carbonyl (C=O) groups excluding carboxylic acids is 1. The Morgan fingerprint density at radius 1 is 1.38 bits per heavy atom. The maximum atomic E-state index is 11.9. The van der Waals surface area contributed by atoms with Crippen LogP contribution in [0.3, 0.4) is 0 Å². The minimum atomic E-state index is -2.95. The SMILES string of the molecule is O=C(CS[C@@H]1CCS(=O)(=O)C1)OCc1nc2ccccc2c(=O)[nH]1. The summed E-state index contributed by atoms with van der Waals surface area (Å²) in [6.07, 6.45) is 0.569. The summed E-state index contributed by atoms with van der Waals surface area (Å²) >= 11 is 1.29. The maximum Gasteiger partial charge on any atom is 0.316 e. The van der Waals surface area contributed by atoms with Gasteiger partial charge in [0.1, 0.15) is 12.4 Å². The molecule has 1 N–H and O–H groups in total. The summed E-state index contributed by atoms with van der Waals surface area (Å²) in [4.78, 5) is 30.5. The van der Waals surface area contributed by atoms with E-state index in [1.165, 1.54) is 11.8 Å². The molecular weight excluding hydrogens is 352 g/mol. The van der Waals surface area contributed by atoms with Crippen molar-refractivity contribution in [3.05, 3.63) is 40.4 Å². The van der Waals surface area contributed by atoms with Crippen LogP contribution in [0, 0.1) is 0 Å². The first-order valence-corrected chi connectivity index (χ1v) is 10.3. The third kappa shape index (κ3) is 4.15. The lowest BCUT2D eigenvalue weighted by Gasteiger charge is -2.08. The summed E-state index contributed by atoms with van der Waals surface area (Å²) in [7, 11) is -2.95. The van der Waals surface area contributed by atoms with Crippen LogP contribution in [-0.4, -0.2) is 46.9 Å². The summed E-state index contributed by atoms with van der Waals surface area (Å²) in [6, 6.07) is 6.91. The Bertz CT molecular complexity index is 923. The maximum absolute atomic E-state index is 11.9. The highest BCUT2D eigenvalue weighted by molar-refractivity contribution is 8.02. The molecule has 1 aliphatic heterocycles. The van der Waals surface area contributed by atoms with Crippen LogP contribution >= 0.6 is 11.8 Å². The van der Waals surface area contributed by atoms with E-state index in [1.807, 2.05) is 0 Å². The van der Waals surface area contributed by atoms with E-state index in [0.717, 1.165) is 0 Å². The van der Waals surface area contributed by atoms with Crippen molar-refractivity contribution in [2.24, 2.45) is 0 Å². The Morgan fingerprint density at radius 2 is 2.17 bits per heavy atom. The number of carbonyl (C=O) groups is 1. The topological polar surface area (TPSA) is 106 Å². The molecule has 24 heavy (non-hydrogen) atoms. The van der Waals surface area contributed by atoms with Crippen molar-refractivity contribution >= 4 is 38.5 Å². The van der Waals surface area contributed by atoms with Crippen LogP contribution in [0.4, 0.5) is 0 Å². The molecule has 9 heteroatoms. The molecule has 1 fully saturated rings. The normalized spacial score (nSPS) is 19.4. The highest BCUT2D eigenvalue weighted by Gasteiger charge is 2.28. The van der Waals surface area contributed by atoms with Crippen LogP contribution in [0.15, 0.2) is 29.1 Å². The molecular formula is C15H16N2O5S2. The zero-order valence-corrected chi connectivity index (χ0v) is 14.4. The molecule has 0 aliphatic carbocycles. The number of ether oxygens (including phenoxy) is 1. The van der Waals surface area contributed by atoms with Crippen molar-refractivity contribution in [1.29, 1.82) is 0 Å². The third-order valence-corrected chi connectivity index (χ3v) is 6.91.